The van der Waals surface area contributed by atoms with Crippen molar-refractivity contribution in [1.82, 2.24) is 5.09 Å². The first-order valence-corrected chi connectivity index (χ1v) is 8.42. The van der Waals surface area contributed by atoms with E-state index in [1.165, 1.54) is 29.9 Å². The van der Waals surface area contributed by atoms with Crippen LogP contribution in [0.25, 0.3) is 0 Å². The topological polar surface area (TPSA) is 73.9 Å². The highest BCUT2D eigenvalue weighted by Gasteiger charge is 2.31. The van der Waals surface area contributed by atoms with Gasteiger partial charge in [0.15, 0.2) is 0 Å². The predicted molar refractivity (Wildman–Crippen MR) is 83.6 cm³/mol. The molecule has 2 atom stereocenters. The van der Waals surface area contributed by atoms with Crippen LogP contribution in [0.3, 0.4) is 0 Å². The van der Waals surface area contributed by atoms with Crippen molar-refractivity contribution in [3.8, 4) is 5.75 Å². The maximum absolute atomic E-state index is 12.4. The van der Waals surface area contributed by atoms with Gasteiger partial charge in [-0.15, -0.1) is 0 Å². The minimum Gasteiger partial charge on any atom is -0.462 e. The fourth-order valence-corrected chi connectivity index (χ4v) is 2.99. The zero-order valence-electron chi connectivity index (χ0n) is 11.4. The molecule has 0 saturated carbocycles. The number of carbonyl (C=O) groups is 1. The van der Waals surface area contributed by atoms with Gasteiger partial charge in [-0.3, -0.25) is 4.79 Å². The molecule has 0 bridgehead atoms. The Hall–Kier alpha value is -0.630. The number of carbonyl (C=O) groups excluding carboxylic acids is 1. The van der Waals surface area contributed by atoms with Gasteiger partial charge in [0.05, 0.1) is 6.10 Å². The summed E-state index contributed by atoms with van der Waals surface area (Å²) in [7, 11) is -3.64. The molecule has 1 aromatic carbocycles. The number of para-hydroxylation sites is 1. The molecule has 0 aromatic heterocycles. The Morgan fingerprint density at radius 2 is 1.85 bits per heavy atom. The third-order valence-electron chi connectivity index (χ3n) is 2.12. The van der Waals surface area contributed by atoms with E-state index in [2.05, 4.69) is 5.09 Å². The van der Waals surface area contributed by atoms with Gasteiger partial charge < -0.3 is 9.26 Å². The van der Waals surface area contributed by atoms with Crippen molar-refractivity contribution in [3.63, 3.8) is 0 Å². The SMILES string of the molecule is CC(C)OC(=O)[C@H](C)NP(=O)(OI)Oc1ccccc1. The lowest BCUT2D eigenvalue weighted by Crippen LogP contribution is -2.35. The number of rotatable bonds is 7. The highest BCUT2D eigenvalue weighted by Crippen LogP contribution is 2.46. The standard InChI is InChI=1S/C12H17INO5P/c1-9(2)17-12(15)10(3)14-20(16,19-13)18-11-7-5-4-6-8-11/h4-10H,1-3H3,(H,14,16)/t10-,20?/m0/s1. The van der Waals surface area contributed by atoms with Crippen molar-refractivity contribution in [3.05, 3.63) is 30.3 Å². The summed E-state index contributed by atoms with van der Waals surface area (Å²) in [5.41, 5.74) is 0. The fraction of sp³-hybridized carbons (Fsp3) is 0.417. The maximum atomic E-state index is 12.4. The molecule has 0 aliphatic rings. The van der Waals surface area contributed by atoms with Crippen molar-refractivity contribution in [2.75, 3.05) is 0 Å². The van der Waals surface area contributed by atoms with E-state index < -0.39 is 19.8 Å². The molecule has 0 spiro atoms. The number of ether oxygens (including phenoxy) is 1. The van der Waals surface area contributed by atoms with Crippen LogP contribution in [0.15, 0.2) is 30.3 Å². The van der Waals surface area contributed by atoms with E-state index in [1.54, 1.807) is 44.2 Å². The minimum absolute atomic E-state index is 0.248. The molecule has 6 nitrogen and oxygen atoms in total. The van der Waals surface area contributed by atoms with E-state index >= 15 is 0 Å². The van der Waals surface area contributed by atoms with E-state index in [1.807, 2.05) is 0 Å². The van der Waals surface area contributed by atoms with Crippen LogP contribution in [-0.4, -0.2) is 18.1 Å². The smallest absolute Gasteiger partial charge is 0.462 e. The van der Waals surface area contributed by atoms with Crippen molar-refractivity contribution >= 4 is 36.7 Å². The molecule has 0 aliphatic carbocycles. The van der Waals surface area contributed by atoms with Gasteiger partial charge >= 0.3 is 13.7 Å². The molecule has 1 N–H and O–H groups in total. The Labute approximate surface area is 132 Å². The normalized spacial score (nSPS) is 15.4. The Morgan fingerprint density at radius 1 is 1.25 bits per heavy atom. The molecular formula is C12H17INO5P. The average Bonchev–Trinajstić information content (AvgIpc) is 2.39. The van der Waals surface area contributed by atoms with E-state index in [0.29, 0.717) is 5.75 Å². The van der Waals surface area contributed by atoms with E-state index in [-0.39, 0.29) is 6.10 Å². The molecule has 1 rings (SSSR count). The van der Waals surface area contributed by atoms with Gasteiger partial charge in [0.1, 0.15) is 34.8 Å². The molecule has 112 valence electrons. The van der Waals surface area contributed by atoms with Crippen LogP contribution in [0.2, 0.25) is 0 Å². The number of halogens is 1. The van der Waals surface area contributed by atoms with Crippen molar-refractivity contribution in [2.24, 2.45) is 0 Å². The van der Waals surface area contributed by atoms with E-state index in [9.17, 15) is 9.36 Å². The second kappa shape index (κ2) is 7.97. The lowest BCUT2D eigenvalue weighted by Gasteiger charge is -2.21. The first-order valence-electron chi connectivity index (χ1n) is 5.99. The van der Waals surface area contributed by atoms with Crippen LogP contribution in [0.5, 0.6) is 5.75 Å². The summed E-state index contributed by atoms with van der Waals surface area (Å²) in [6.07, 6.45) is -0.248. The Kier molecular flexibility index (Phi) is 6.94. The average molecular weight is 413 g/mol. The summed E-state index contributed by atoms with van der Waals surface area (Å²) in [5, 5.41) is 2.53. The largest absolute Gasteiger partial charge is 0.468 e. The second-order valence-corrected chi connectivity index (χ2v) is 7.06. The van der Waals surface area contributed by atoms with E-state index in [0.717, 1.165) is 0 Å². The third kappa shape index (κ3) is 5.78. The number of nitrogens with one attached hydrogen (secondary N) is 1. The Balaban J connectivity index is 2.70. The summed E-state index contributed by atoms with van der Waals surface area (Å²) in [6, 6.07) is 7.75. The van der Waals surface area contributed by atoms with Crippen LogP contribution in [0.1, 0.15) is 20.8 Å². The fourth-order valence-electron chi connectivity index (χ4n) is 1.30. The summed E-state index contributed by atoms with van der Waals surface area (Å²) < 4.78 is 27.5. The second-order valence-electron chi connectivity index (χ2n) is 4.31. The van der Waals surface area contributed by atoms with Gasteiger partial charge in [-0.05, 0) is 32.9 Å². The quantitative estimate of drug-likeness (QED) is 0.419. The van der Waals surface area contributed by atoms with Gasteiger partial charge in [0.25, 0.3) is 0 Å². The number of hydrogen-bond donors (Lipinski definition) is 1. The Morgan fingerprint density at radius 3 is 2.35 bits per heavy atom. The molecule has 0 saturated heterocycles. The molecule has 0 heterocycles. The molecule has 0 fully saturated rings. The van der Waals surface area contributed by atoms with Crippen LogP contribution in [0.4, 0.5) is 0 Å². The highest BCUT2D eigenvalue weighted by molar-refractivity contribution is 14.1. The number of benzene rings is 1. The monoisotopic (exact) mass is 413 g/mol. The number of hydrogen-bond acceptors (Lipinski definition) is 5. The molecular weight excluding hydrogens is 396 g/mol. The molecule has 8 heteroatoms. The van der Waals surface area contributed by atoms with Crippen molar-refractivity contribution < 1.29 is 21.5 Å². The molecule has 0 aliphatic heterocycles. The molecule has 0 amide bonds. The van der Waals surface area contributed by atoms with E-state index in [4.69, 9.17) is 12.1 Å². The third-order valence-corrected chi connectivity index (χ3v) is 5.01. The van der Waals surface area contributed by atoms with Crippen LogP contribution in [0, 0.1) is 0 Å². The van der Waals surface area contributed by atoms with Gasteiger partial charge in [-0.25, -0.2) is 7.42 Å². The van der Waals surface area contributed by atoms with Crippen LogP contribution >= 0.6 is 30.8 Å². The summed E-state index contributed by atoms with van der Waals surface area (Å²) in [6.45, 7) is 5.00. The zero-order valence-corrected chi connectivity index (χ0v) is 14.5. The summed E-state index contributed by atoms with van der Waals surface area (Å²) in [4.78, 5) is 11.7. The first kappa shape index (κ1) is 17.4. The van der Waals surface area contributed by atoms with Crippen molar-refractivity contribution in [1.29, 1.82) is 0 Å². The highest BCUT2D eigenvalue weighted by atomic mass is 127. The molecule has 0 radical (unpaired) electrons. The lowest BCUT2D eigenvalue weighted by atomic mass is 10.3. The summed E-state index contributed by atoms with van der Waals surface area (Å²) >= 11 is 1.47. The van der Waals surface area contributed by atoms with Crippen molar-refractivity contribution in [2.45, 2.75) is 32.9 Å². The van der Waals surface area contributed by atoms with Gasteiger partial charge in [0.2, 0.25) is 0 Å². The van der Waals surface area contributed by atoms with Gasteiger partial charge in [0, 0.05) is 0 Å². The van der Waals surface area contributed by atoms with Gasteiger partial charge in [-0.1, -0.05) is 18.2 Å². The van der Waals surface area contributed by atoms with Crippen LogP contribution in [-0.2, 0) is 16.9 Å². The first-order chi connectivity index (χ1) is 9.36. The number of esters is 1. The maximum Gasteiger partial charge on any atom is 0.468 e. The lowest BCUT2D eigenvalue weighted by molar-refractivity contribution is -0.149. The predicted octanol–water partition coefficient (Wildman–Crippen LogP) is 3.47. The molecule has 20 heavy (non-hydrogen) atoms. The van der Waals surface area contributed by atoms with Crippen LogP contribution < -0.4 is 9.61 Å². The molecule has 1 unspecified atom stereocenters. The zero-order chi connectivity index (χ0) is 15.2. The Bertz CT molecular complexity index is 482. The summed E-state index contributed by atoms with van der Waals surface area (Å²) in [5.74, 6) is -0.144. The van der Waals surface area contributed by atoms with Gasteiger partial charge in [-0.2, -0.15) is 5.09 Å². The molecule has 1 aromatic rings. The minimum atomic E-state index is -3.64.